The quantitative estimate of drug-likeness (QED) is 0.796. The minimum atomic E-state index is -4.07. The van der Waals surface area contributed by atoms with Gasteiger partial charge in [0.05, 0.1) is 6.42 Å². The van der Waals surface area contributed by atoms with Gasteiger partial charge in [-0.1, -0.05) is 18.2 Å². The zero-order chi connectivity index (χ0) is 13.6. The second-order valence-corrected chi connectivity index (χ2v) is 4.47. The number of rotatable bonds is 6. The molecule has 0 unspecified atom stereocenters. The van der Waals surface area contributed by atoms with Gasteiger partial charge in [0.1, 0.15) is 0 Å². The van der Waals surface area contributed by atoms with Crippen LogP contribution in [0.2, 0.25) is 0 Å². The molecule has 0 heterocycles. The van der Waals surface area contributed by atoms with Gasteiger partial charge >= 0.3 is 6.18 Å². The zero-order valence-electron chi connectivity index (χ0n) is 10.5. The second kappa shape index (κ2) is 6.64. The van der Waals surface area contributed by atoms with Gasteiger partial charge in [-0.3, -0.25) is 0 Å². The van der Waals surface area contributed by atoms with E-state index >= 15 is 0 Å². The number of aryl methyl sites for hydroxylation is 1. The van der Waals surface area contributed by atoms with E-state index in [1.807, 2.05) is 24.3 Å². The van der Waals surface area contributed by atoms with E-state index in [0.29, 0.717) is 6.54 Å². The van der Waals surface area contributed by atoms with Crippen molar-refractivity contribution in [3.63, 3.8) is 0 Å². The number of alkyl halides is 3. The molecule has 0 amide bonds. The van der Waals surface area contributed by atoms with Crippen molar-refractivity contribution < 1.29 is 13.2 Å². The van der Waals surface area contributed by atoms with Crippen LogP contribution in [0.15, 0.2) is 24.3 Å². The summed E-state index contributed by atoms with van der Waals surface area (Å²) in [4.78, 5) is 1.70. The first-order chi connectivity index (χ1) is 8.38. The molecule has 0 fully saturated rings. The monoisotopic (exact) mass is 260 g/mol. The van der Waals surface area contributed by atoms with E-state index in [1.165, 1.54) is 0 Å². The van der Waals surface area contributed by atoms with Crippen molar-refractivity contribution in [2.24, 2.45) is 0 Å². The number of nitrogens with zero attached hydrogens (tertiary/aromatic N) is 1. The molecule has 0 saturated carbocycles. The molecule has 18 heavy (non-hydrogen) atoms. The van der Waals surface area contributed by atoms with Crippen LogP contribution in [0, 0.1) is 0 Å². The first kappa shape index (κ1) is 14.8. The maximum atomic E-state index is 12.0. The number of halogens is 3. The van der Waals surface area contributed by atoms with Crippen LogP contribution in [0.5, 0.6) is 0 Å². The summed E-state index contributed by atoms with van der Waals surface area (Å²) >= 11 is 0. The third-order valence-corrected chi connectivity index (χ3v) is 2.82. The largest absolute Gasteiger partial charge is 0.399 e. The maximum Gasteiger partial charge on any atom is 0.390 e. The first-order valence-corrected chi connectivity index (χ1v) is 5.97. The number of hydrogen-bond acceptors (Lipinski definition) is 2. The fourth-order valence-corrected chi connectivity index (χ4v) is 1.73. The lowest BCUT2D eigenvalue weighted by Crippen LogP contribution is -2.25. The van der Waals surface area contributed by atoms with E-state index in [2.05, 4.69) is 0 Å². The molecule has 2 nitrogen and oxygen atoms in total. The van der Waals surface area contributed by atoms with Crippen LogP contribution in [-0.2, 0) is 6.42 Å². The highest BCUT2D eigenvalue weighted by molar-refractivity contribution is 5.46. The Morgan fingerprint density at radius 3 is 2.44 bits per heavy atom. The van der Waals surface area contributed by atoms with Crippen molar-refractivity contribution in [3.05, 3.63) is 29.8 Å². The predicted octanol–water partition coefficient (Wildman–Crippen LogP) is 3.09. The summed E-state index contributed by atoms with van der Waals surface area (Å²) in [6.07, 6.45) is -3.22. The van der Waals surface area contributed by atoms with Gasteiger partial charge in [0.2, 0.25) is 0 Å². The Morgan fingerprint density at radius 1 is 1.17 bits per heavy atom. The van der Waals surface area contributed by atoms with Crippen molar-refractivity contribution in [2.45, 2.75) is 25.4 Å². The van der Waals surface area contributed by atoms with E-state index in [1.54, 1.807) is 11.9 Å². The number of para-hydroxylation sites is 1. The topological polar surface area (TPSA) is 29.3 Å². The smallest absolute Gasteiger partial charge is 0.390 e. The second-order valence-electron chi connectivity index (χ2n) is 4.47. The summed E-state index contributed by atoms with van der Waals surface area (Å²) < 4.78 is 36.0. The normalized spacial score (nSPS) is 12.1. The van der Waals surface area contributed by atoms with E-state index in [0.717, 1.165) is 24.1 Å². The van der Waals surface area contributed by atoms with E-state index in [-0.39, 0.29) is 6.54 Å². The molecule has 1 aromatic carbocycles. The molecule has 0 aliphatic heterocycles. The van der Waals surface area contributed by atoms with Gasteiger partial charge < -0.3 is 10.6 Å². The molecule has 0 atom stereocenters. The average Bonchev–Trinajstić information content (AvgIpc) is 2.28. The Bertz CT molecular complexity index is 363. The van der Waals surface area contributed by atoms with Gasteiger partial charge in [-0.25, -0.2) is 0 Å². The van der Waals surface area contributed by atoms with Gasteiger partial charge in [0, 0.05) is 12.2 Å². The SMILES string of the molecule is CN(CCCc1ccccc1N)CCC(F)(F)F. The minimum absolute atomic E-state index is 0.0494. The number of anilines is 1. The van der Waals surface area contributed by atoms with E-state index in [9.17, 15) is 13.2 Å². The molecule has 102 valence electrons. The predicted molar refractivity (Wildman–Crippen MR) is 67.3 cm³/mol. The van der Waals surface area contributed by atoms with Crippen molar-refractivity contribution in [1.82, 2.24) is 4.90 Å². The highest BCUT2D eigenvalue weighted by atomic mass is 19.4. The number of benzene rings is 1. The Balaban J connectivity index is 2.24. The molecule has 0 saturated heterocycles. The lowest BCUT2D eigenvalue weighted by atomic mass is 10.1. The fourth-order valence-electron chi connectivity index (χ4n) is 1.73. The number of hydrogen-bond donors (Lipinski definition) is 1. The van der Waals surface area contributed by atoms with Crippen LogP contribution in [0.4, 0.5) is 18.9 Å². The molecule has 1 rings (SSSR count). The lowest BCUT2D eigenvalue weighted by Gasteiger charge is -2.17. The average molecular weight is 260 g/mol. The maximum absolute atomic E-state index is 12.0. The molecule has 0 aromatic heterocycles. The third-order valence-electron chi connectivity index (χ3n) is 2.82. The van der Waals surface area contributed by atoms with Crippen LogP contribution in [0.1, 0.15) is 18.4 Å². The van der Waals surface area contributed by atoms with Crippen molar-refractivity contribution >= 4 is 5.69 Å². The van der Waals surface area contributed by atoms with Gasteiger partial charge in [-0.15, -0.1) is 0 Å². The van der Waals surface area contributed by atoms with Crippen LogP contribution < -0.4 is 5.73 Å². The molecule has 2 N–H and O–H groups in total. The lowest BCUT2D eigenvalue weighted by molar-refractivity contribution is -0.137. The third kappa shape index (κ3) is 5.91. The molecule has 0 aliphatic carbocycles. The standard InChI is InChI=1S/C13H19F3N2/c1-18(10-8-13(14,15)16)9-4-6-11-5-2-3-7-12(11)17/h2-3,5,7H,4,6,8-10,17H2,1H3. The molecule has 0 aliphatic rings. The highest BCUT2D eigenvalue weighted by Gasteiger charge is 2.26. The van der Waals surface area contributed by atoms with Gasteiger partial charge in [-0.2, -0.15) is 13.2 Å². The highest BCUT2D eigenvalue weighted by Crippen LogP contribution is 2.19. The summed E-state index contributed by atoms with van der Waals surface area (Å²) in [5.74, 6) is 0. The number of nitrogen functional groups attached to an aromatic ring is 1. The Labute approximate surface area is 106 Å². The molecule has 0 bridgehead atoms. The van der Waals surface area contributed by atoms with Crippen molar-refractivity contribution in [2.75, 3.05) is 25.9 Å². The number of nitrogens with two attached hydrogens (primary N) is 1. The summed E-state index contributed by atoms with van der Waals surface area (Å²) in [7, 11) is 1.71. The van der Waals surface area contributed by atoms with E-state index < -0.39 is 12.6 Å². The van der Waals surface area contributed by atoms with Gasteiger partial charge in [0.25, 0.3) is 0 Å². The van der Waals surface area contributed by atoms with Gasteiger partial charge in [-0.05, 0) is 38.1 Å². The Hall–Kier alpha value is -1.23. The molecule has 5 heteroatoms. The van der Waals surface area contributed by atoms with Crippen molar-refractivity contribution in [1.29, 1.82) is 0 Å². The first-order valence-electron chi connectivity index (χ1n) is 5.97. The van der Waals surface area contributed by atoms with Crippen molar-refractivity contribution in [3.8, 4) is 0 Å². The molecule has 0 spiro atoms. The van der Waals surface area contributed by atoms with Gasteiger partial charge in [0.15, 0.2) is 0 Å². The van der Waals surface area contributed by atoms with Crippen LogP contribution >= 0.6 is 0 Å². The fraction of sp³-hybridized carbons (Fsp3) is 0.538. The minimum Gasteiger partial charge on any atom is -0.399 e. The van der Waals surface area contributed by atoms with Crippen LogP contribution in [0.3, 0.4) is 0 Å². The Kier molecular flexibility index (Phi) is 5.47. The van der Waals surface area contributed by atoms with E-state index in [4.69, 9.17) is 5.73 Å². The van der Waals surface area contributed by atoms with Crippen LogP contribution in [0.25, 0.3) is 0 Å². The van der Waals surface area contributed by atoms with Crippen LogP contribution in [-0.4, -0.2) is 31.2 Å². The zero-order valence-corrected chi connectivity index (χ0v) is 10.5. The summed E-state index contributed by atoms with van der Waals surface area (Å²) in [5, 5.41) is 0. The summed E-state index contributed by atoms with van der Waals surface area (Å²) in [6.45, 7) is 0.693. The summed E-state index contributed by atoms with van der Waals surface area (Å²) in [6, 6.07) is 7.57. The Morgan fingerprint density at radius 2 is 1.83 bits per heavy atom. The molecular weight excluding hydrogens is 241 g/mol. The summed E-state index contributed by atoms with van der Waals surface area (Å²) in [5.41, 5.74) is 7.59. The molecule has 0 radical (unpaired) electrons. The molecular formula is C13H19F3N2. The molecule has 1 aromatic rings.